The van der Waals surface area contributed by atoms with Gasteiger partial charge in [0, 0.05) is 11.8 Å². The van der Waals surface area contributed by atoms with Crippen LogP contribution in [0, 0.1) is 10.1 Å². The number of rotatable bonds is 7. The Hall–Kier alpha value is -2.71. The van der Waals surface area contributed by atoms with Gasteiger partial charge in [0.2, 0.25) is 0 Å². The van der Waals surface area contributed by atoms with Crippen molar-refractivity contribution in [3.63, 3.8) is 0 Å². The number of unbranched alkanes of at least 4 members (excludes halogenated alkanes) is 1. The van der Waals surface area contributed by atoms with Gasteiger partial charge in [0.25, 0.3) is 11.6 Å². The van der Waals surface area contributed by atoms with Gasteiger partial charge in [-0.25, -0.2) is 0 Å². The Balaban J connectivity index is 2.05. The monoisotopic (exact) mass is 407 g/mol. The van der Waals surface area contributed by atoms with Crippen LogP contribution in [0.5, 0.6) is 5.75 Å². The molecular weight excluding hydrogens is 390 g/mol. The second-order valence-corrected chi connectivity index (χ2v) is 6.35. The van der Waals surface area contributed by atoms with Crippen molar-refractivity contribution in [1.29, 1.82) is 0 Å². The molecule has 27 heavy (non-hydrogen) atoms. The number of thiocarbonyl (C=S) groups is 1. The molecule has 2 N–H and O–H groups in total. The lowest BCUT2D eigenvalue weighted by Gasteiger charge is -2.13. The molecule has 0 spiro atoms. The Kier molecular flexibility index (Phi) is 7.51. The highest BCUT2D eigenvalue weighted by atomic mass is 35.5. The van der Waals surface area contributed by atoms with Crippen LogP contribution in [0.2, 0.25) is 5.02 Å². The Morgan fingerprint density at radius 1 is 1.30 bits per heavy atom. The number of nitrogens with zero attached hydrogens (tertiary/aromatic N) is 1. The van der Waals surface area contributed by atoms with Crippen LogP contribution in [0.3, 0.4) is 0 Å². The summed E-state index contributed by atoms with van der Waals surface area (Å²) in [4.78, 5) is 22.8. The molecule has 0 heterocycles. The maximum absolute atomic E-state index is 12.5. The van der Waals surface area contributed by atoms with E-state index in [4.69, 9.17) is 28.6 Å². The van der Waals surface area contributed by atoms with E-state index in [1.165, 1.54) is 18.2 Å². The van der Waals surface area contributed by atoms with Crippen molar-refractivity contribution in [2.75, 3.05) is 11.9 Å². The number of nitro benzene ring substituents is 1. The first-order chi connectivity index (χ1) is 12.9. The molecule has 0 atom stereocenters. The topological polar surface area (TPSA) is 93.5 Å². The number of nitrogens with one attached hydrogen (secondary N) is 2. The molecule has 142 valence electrons. The molecule has 2 aromatic carbocycles. The summed E-state index contributed by atoms with van der Waals surface area (Å²) in [6.07, 6.45) is 1.86. The van der Waals surface area contributed by atoms with Gasteiger partial charge in [-0.2, -0.15) is 0 Å². The number of halogens is 1. The second kappa shape index (κ2) is 9.84. The molecule has 0 aliphatic rings. The molecular formula is C18H18ClN3O4S. The SMILES string of the molecule is CCCCOc1ccccc1C(=O)NC(=S)Nc1ccc(Cl)c([N+](=O)[O-])c1. The predicted octanol–water partition coefficient (Wildman–Crippen LogP) is 4.55. The summed E-state index contributed by atoms with van der Waals surface area (Å²) in [6.45, 7) is 2.56. The van der Waals surface area contributed by atoms with Crippen molar-refractivity contribution >= 4 is 46.2 Å². The molecule has 0 saturated heterocycles. The van der Waals surface area contributed by atoms with Gasteiger partial charge in [-0.3, -0.25) is 20.2 Å². The number of amides is 1. The summed E-state index contributed by atoms with van der Waals surface area (Å²) in [5.41, 5.74) is 0.425. The summed E-state index contributed by atoms with van der Waals surface area (Å²) < 4.78 is 5.64. The average Bonchev–Trinajstić information content (AvgIpc) is 2.63. The number of carbonyl (C=O) groups excluding carboxylic acids is 1. The zero-order valence-electron chi connectivity index (χ0n) is 14.5. The van der Waals surface area contributed by atoms with Crippen LogP contribution >= 0.6 is 23.8 Å². The van der Waals surface area contributed by atoms with E-state index in [1.807, 2.05) is 6.92 Å². The third-order valence-electron chi connectivity index (χ3n) is 3.51. The predicted molar refractivity (Wildman–Crippen MR) is 109 cm³/mol. The van der Waals surface area contributed by atoms with E-state index in [0.29, 0.717) is 23.6 Å². The van der Waals surface area contributed by atoms with Gasteiger partial charge in [0.1, 0.15) is 10.8 Å². The third-order valence-corrected chi connectivity index (χ3v) is 4.04. The molecule has 0 aliphatic heterocycles. The van der Waals surface area contributed by atoms with Gasteiger partial charge in [-0.1, -0.05) is 37.1 Å². The fourth-order valence-electron chi connectivity index (χ4n) is 2.17. The highest BCUT2D eigenvalue weighted by Gasteiger charge is 2.16. The maximum Gasteiger partial charge on any atom is 0.289 e. The van der Waals surface area contributed by atoms with Crippen molar-refractivity contribution in [2.45, 2.75) is 19.8 Å². The first kappa shape index (κ1) is 20.6. The van der Waals surface area contributed by atoms with E-state index in [0.717, 1.165) is 12.8 Å². The van der Waals surface area contributed by atoms with E-state index >= 15 is 0 Å². The van der Waals surface area contributed by atoms with E-state index in [-0.39, 0.29) is 15.8 Å². The fourth-order valence-corrected chi connectivity index (χ4v) is 2.57. The number of hydrogen-bond donors (Lipinski definition) is 2. The van der Waals surface area contributed by atoms with Crippen LogP contribution in [0.25, 0.3) is 0 Å². The number of nitro groups is 1. The first-order valence-electron chi connectivity index (χ1n) is 8.20. The molecule has 0 radical (unpaired) electrons. The minimum atomic E-state index is -0.598. The van der Waals surface area contributed by atoms with Gasteiger partial charge in [0.05, 0.1) is 17.1 Å². The number of hydrogen-bond acceptors (Lipinski definition) is 5. The highest BCUT2D eigenvalue weighted by molar-refractivity contribution is 7.80. The number of carbonyl (C=O) groups is 1. The molecule has 0 fully saturated rings. The molecule has 7 nitrogen and oxygen atoms in total. The Morgan fingerprint density at radius 3 is 2.74 bits per heavy atom. The van der Waals surface area contributed by atoms with Crippen molar-refractivity contribution in [1.82, 2.24) is 5.32 Å². The maximum atomic E-state index is 12.5. The lowest BCUT2D eigenvalue weighted by atomic mass is 10.2. The largest absolute Gasteiger partial charge is 0.493 e. The number of benzene rings is 2. The molecule has 2 rings (SSSR count). The van der Waals surface area contributed by atoms with Crippen molar-refractivity contribution in [3.05, 3.63) is 63.2 Å². The fraction of sp³-hybridized carbons (Fsp3) is 0.222. The Morgan fingerprint density at radius 2 is 2.04 bits per heavy atom. The second-order valence-electron chi connectivity index (χ2n) is 5.53. The molecule has 0 saturated carbocycles. The zero-order chi connectivity index (χ0) is 19.8. The van der Waals surface area contributed by atoms with Crippen LogP contribution in [0.15, 0.2) is 42.5 Å². The van der Waals surface area contributed by atoms with Gasteiger partial charge in [-0.05, 0) is 42.9 Å². The normalized spacial score (nSPS) is 10.1. The number of anilines is 1. The van der Waals surface area contributed by atoms with Crippen molar-refractivity contribution in [3.8, 4) is 5.75 Å². The smallest absolute Gasteiger partial charge is 0.289 e. The van der Waals surface area contributed by atoms with Gasteiger partial charge in [-0.15, -0.1) is 0 Å². The minimum Gasteiger partial charge on any atom is -0.493 e. The van der Waals surface area contributed by atoms with Crippen LogP contribution in [0.4, 0.5) is 11.4 Å². The summed E-state index contributed by atoms with van der Waals surface area (Å²) in [6, 6.07) is 11.0. The van der Waals surface area contributed by atoms with Crippen LogP contribution < -0.4 is 15.4 Å². The summed E-state index contributed by atoms with van der Waals surface area (Å²) >= 11 is 10.9. The quantitative estimate of drug-likeness (QED) is 0.302. The van der Waals surface area contributed by atoms with E-state index in [1.54, 1.807) is 24.3 Å². The molecule has 0 bridgehead atoms. The number of ether oxygens (including phenoxy) is 1. The first-order valence-corrected chi connectivity index (χ1v) is 8.99. The molecule has 0 aliphatic carbocycles. The lowest BCUT2D eigenvalue weighted by Crippen LogP contribution is -2.34. The van der Waals surface area contributed by atoms with E-state index < -0.39 is 10.8 Å². The summed E-state index contributed by atoms with van der Waals surface area (Å²) in [7, 11) is 0. The Bertz CT molecular complexity index is 860. The summed E-state index contributed by atoms with van der Waals surface area (Å²) in [5.74, 6) is 0.0245. The summed E-state index contributed by atoms with van der Waals surface area (Å²) in [5, 5.41) is 16.2. The number of para-hydroxylation sites is 1. The Labute approximate surface area is 166 Å². The zero-order valence-corrected chi connectivity index (χ0v) is 16.1. The minimum absolute atomic E-state index is 0.0000170. The van der Waals surface area contributed by atoms with Crippen LogP contribution in [-0.4, -0.2) is 22.5 Å². The average molecular weight is 408 g/mol. The van der Waals surface area contributed by atoms with Crippen molar-refractivity contribution in [2.24, 2.45) is 0 Å². The molecule has 2 aromatic rings. The molecule has 0 aromatic heterocycles. The van der Waals surface area contributed by atoms with Gasteiger partial charge in [0.15, 0.2) is 5.11 Å². The third kappa shape index (κ3) is 5.90. The van der Waals surface area contributed by atoms with Gasteiger partial charge < -0.3 is 10.1 Å². The van der Waals surface area contributed by atoms with Crippen LogP contribution in [-0.2, 0) is 0 Å². The lowest BCUT2D eigenvalue weighted by molar-refractivity contribution is -0.384. The van der Waals surface area contributed by atoms with Crippen LogP contribution in [0.1, 0.15) is 30.1 Å². The molecule has 1 amide bonds. The standard InChI is InChI=1S/C18H18ClN3O4S/c1-2-3-10-26-16-7-5-4-6-13(16)17(23)21-18(27)20-12-8-9-14(19)15(11-12)22(24)25/h4-9,11H,2-3,10H2,1H3,(H2,20,21,23,27). The highest BCUT2D eigenvalue weighted by Crippen LogP contribution is 2.27. The van der Waals surface area contributed by atoms with Crippen molar-refractivity contribution < 1.29 is 14.5 Å². The molecule has 0 unspecified atom stereocenters. The molecule has 9 heteroatoms. The van der Waals surface area contributed by atoms with E-state index in [2.05, 4.69) is 10.6 Å². The van der Waals surface area contributed by atoms with E-state index in [9.17, 15) is 14.9 Å². The van der Waals surface area contributed by atoms with Gasteiger partial charge >= 0.3 is 0 Å².